The van der Waals surface area contributed by atoms with Crippen LogP contribution in [0.15, 0.2) is 73.3 Å². The first-order valence-corrected chi connectivity index (χ1v) is 7.70. The molecule has 0 N–H and O–H groups in total. The summed E-state index contributed by atoms with van der Waals surface area (Å²) in [7, 11) is 0. The standard InChI is InChI=1S/C22H15N/c1-2-15(7-4-14-23)19-12-10-18-9-8-16-5-3-6-17-11-13-20(19)22(18)21(16)17/h2-3,5-13H,1,4H2/b15-7+. The summed E-state index contributed by atoms with van der Waals surface area (Å²) < 4.78 is 0. The molecule has 4 rings (SSSR count). The minimum absolute atomic E-state index is 0.392. The zero-order valence-corrected chi connectivity index (χ0v) is 12.7. The lowest BCUT2D eigenvalue weighted by atomic mass is 9.89. The molecule has 1 nitrogen and oxygen atoms in total. The van der Waals surface area contributed by atoms with Crippen molar-refractivity contribution in [3.05, 3.63) is 78.9 Å². The van der Waals surface area contributed by atoms with Gasteiger partial charge in [0.15, 0.2) is 0 Å². The van der Waals surface area contributed by atoms with Gasteiger partial charge in [-0.3, -0.25) is 0 Å². The molecule has 0 unspecified atom stereocenters. The molecule has 0 aromatic heterocycles. The van der Waals surface area contributed by atoms with Gasteiger partial charge in [-0.05, 0) is 43.5 Å². The molecule has 108 valence electrons. The van der Waals surface area contributed by atoms with E-state index >= 15 is 0 Å². The van der Waals surface area contributed by atoms with Crippen LogP contribution in [-0.4, -0.2) is 0 Å². The van der Waals surface area contributed by atoms with Gasteiger partial charge in [0.05, 0.1) is 12.5 Å². The molecule has 0 aliphatic carbocycles. The van der Waals surface area contributed by atoms with Crippen molar-refractivity contribution in [1.82, 2.24) is 0 Å². The quantitative estimate of drug-likeness (QED) is 0.332. The summed E-state index contributed by atoms with van der Waals surface area (Å²) in [6.07, 6.45) is 4.17. The van der Waals surface area contributed by atoms with E-state index in [1.165, 1.54) is 32.3 Å². The fourth-order valence-electron chi connectivity index (χ4n) is 3.45. The van der Waals surface area contributed by atoms with Crippen molar-refractivity contribution in [3.63, 3.8) is 0 Å². The van der Waals surface area contributed by atoms with Crippen molar-refractivity contribution in [2.75, 3.05) is 0 Å². The predicted octanol–water partition coefficient (Wildman–Crippen LogP) is 6.07. The molecule has 0 heterocycles. The maximum absolute atomic E-state index is 8.86. The lowest BCUT2D eigenvalue weighted by Gasteiger charge is -2.14. The van der Waals surface area contributed by atoms with E-state index in [4.69, 9.17) is 5.26 Å². The molecule has 0 aliphatic rings. The van der Waals surface area contributed by atoms with E-state index in [9.17, 15) is 0 Å². The molecule has 0 amide bonds. The lowest BCUT2D eigenvalue weighted by Crippen LogP contribution is -1.89. The number of benzene rings is 4. The molecule has 4 aromatic carbocycles. The van der Waals surface area contributed by atoms with Gasteiger partial charge in [0.25, 0.3) is 0 Å². The highest BCUT2D eigenvalue weighted by molar-refractivity contribution is 6.24. The van der Waals surface area contributed by atoms with Crippen LogP contribution in [0.3, 0.4) is 0 Å². The normalized spacial score (nSPS) is 12.0. The second kappa shape index (κ2) is 5.26. The Hall–Kier alpha value is -3.11. The highest BCUT2D eigenvalue weighted by Gasteiger charge is 2.11. The number of rotatable bonds is 3. The average Bonchev–Trinajstić information content (AvgIpc) is 2.61. The number of nitrogens with zero attached hydrogens (tertiary/aromatic N) is 1. The van der Waals surface area contributed by atoms with Crippen LogP contribution < -0.4 is 0 Å². The lowest BCUT2D eigenvalue weighted by molar-refractivity contribution is 1.36. The second-order valence-corrected chi connectivity index (χ2v) is 5.69. The van der Waals surface area contributed by atoms with Gasteiger partial charge in [0.2, 0.25) is 0 Å². The van der Waals surface area contributed by atoms with E-state index in [0.717, 1.165) is 11.1 Å². The summed E-state index contributed by atoms with van der Waals surface area (Å²) in [5.41, 5.74) is 2.16. The summed E-state index contributed by atoms with van der Waals surface area (Å²) in [6, 6.07) is 21.6. The van der Waals surface area contributed by atoms with Crippen molar-refractivity contribution in [3.8, 4) is 6.07 Å². The van der Waals surface area contributed by atoms with E-state index in [0.29, 0.717) is 6.42 Å². The van der Waals surface area contributed by atoms with Crippen LogP contribution in [0.25, 0.3) is 37.9 Å². The Morgan fingerprint density at radius 1 is 0.913 bits per heavy atom. The Morgan fingerprint density at radius 3 is 2.26 bits per heavy atom. The van der Waals surface area contributed by atoms with Gasteiger partial charge in [-0.1, -0.05) is 73.3 Å². The minimum Gasteiger partial charge on any atom is -0.198 e. The Labute approximate surface area is 135 Å². The van der Waals surface area contributed by atoms with Gasteiger partial charge in [0.1, 0.15) is 0 Å². The molecule has 0 radical (unpaired) electrons. The summed E-state index contributed by atoms with van der Waals surface area (Å²) in [5, 5.41) is 16.5. The summed E-state index contributed by atoms with van der Waals surface area (Å²) >= 11 is 0. The van der Waals surface area contributed by atoms with E-state index < -0.39 is 0 Å². The predicted molar refractivity (Wildman–Crippen MR) is 98.6 cm³/mol. The van der Waals surface area contributed by atoms with Gasteiger partial charge in [-0.15, -0.1) is 0 Å². The SMILES string of the molecule is C=C/C(=C\CC#N)c1ccc2ccc3cccc4ccc1c2c34. The zero-order valence-electron chi connectivity index (χ0n) is 12.7. The Morgan fingerprint density at radius 2 is 1.57 bits per heavy atom. The van der Waals surface area contributed by atoms with Crippen LogP contribution in [0.2, 0.25) is 0 Å². The van der Waals surface area contributed by atoms with Gasteiger partial charge in [-0.25, -0.2) is 0 Å². The Bertz CT molecular complexity index is 1090. The first kappa shape index (κ1) is 13.5. The second-order valence-electron chi connectivity index (χ2n) is 5.69. The Balaban J connectivity index is 2.16. The molecule has 0 aliphatic heterocycles. The smallest absolute Gasteiger partial charge is 0.0663 e. The summed E-state index contributed by atoms with van der Waals surface area (Å²) in [6.45, 7) is 3.92. The highest BCUT2D eigenvalue weighted by atomic mass is 14.2. The molecule has 0 saturated heterocycles. The summed E-state index contributed by atoms with van der Waals surface area (Å²) in [4.78, 5) is 0. The van der Waals surface area contributed by atoms with Gasteiger partial charge in [-0.2, -0.15) is 5.26 Å². The van der Waals surface area contributed by atoms with Gasteiger partial charge >= 0.3 is 0 Å². The molecule has 0 spiro atoms. The topological polar surface area (TPSA) is 23.8 Å². The molecule has 0 saturated carbocycles. The van der Waals surface area contributed by atoms with E-state index in [1.54, 1.807) is 0 Å². The van der Waals surface area contributed by atoms with Crippen LogP contribution in [0.1, 0.15) is 12.0 Å². The van der Waals surface area contributed by atoms with Crippen LogP contribution in [0, 0.1) is 11.3 Å². The largest absolute Gasteiger partial charge is 0.198 e. The van der Waals surface area contributed by atoms with E-state index in [1.807, 2.05) is 12.2 Å². The minimum atomic E-state index is 0.392. The molecule has 1 heteroatoms. The van der Waals surface area contributed by atoms with Gasteiger partial charge < -0.3 is 0 Å². The molecule has 4 aromatic rings. The molecule has 0 fully saturated rings. The fourth-order valence-corrected chi connectivity index (χ4v) is 3.45. The van der Waals surface area contributed by atoms with Crippen molar-refractivity contribution < 1.29 is 0 Å². The third-order valence-electron chi connectivity index (χ3n) is 4.47. The fraction of sp³-hybridized carbons (Fsp3) is 0.0455. The van der Waals surface area contributed by atoms with Crippen LogP contribution in [-0.2, 0) is 0 Å². The first-order chi connectivity index (χ1) is 11.3. The number of hydrogen-bond acceptors (Lipinski definition) is 1. The van der Waals surface area contributed by atoms with Crippen molar-refractivity contribution in [2.24, 2.45) is 0 Å². The van der Waals surface area contributed by atoms with Gasteiger partial charge in [0, 0.05) is 0 Å². The molecular weight excluding hydrogens is 278 g/mol. The molecular formula is C22H15N. The van der Waals surface area contributed by atoms with Crippen LogP contribution in [0.4, 0.5) is 0 Å². The molecule has 0 atom stereocenters. The van der Waals surface area contributed by atoms with E-state index in [2.05, 4.69) is 67.2 Å². The average molecular weight is 293 g/mol. The monoisotopic (exact) mass is 293 g/mol. The van der Waals surface area contributed by atoms with Crippen molar-refractivity contribution in [1.29, 1.82) is 5.26 Å². The van der Waals surface area contributed by atoms with Crippen LogP contribution in [0.5, 0.6) is 0 Å². The molecule has 0 bridgehead atoms. The third-order valence-corrected chi connectivity index (χ3v) is 4.47. The third kappa shape index (κ3) is 2.00. The first-order valence-electron chi connectivity index (χ1n) is 7.70. The number of allylic oxidation sites excluding steroid dienone is 3. The number of nitriles is 1. The highest BCUT2D eigenvalue weighted by Crippen LogP contribution is 2.37. The molecule has 23 heavy (non-hydrogen) atoms. The maximum Gasteiger partial charge on any atom is 0.0663 e. The van der Waals surface area contributed by atoms with Crippen molar-refractivity contribution >= 4 is 37.9 Å². The zero-order chi connectivity index (χ0) is 15.8. The number of hydrogen-bond donors (Lipinski definition) is 0. The van der Waals surface area contributed by atoms with Crippen molar-refractivity contribution in [2.45, 2.75) is 6.42 Å². The Kier molecular flexibility index (Phi) is 3.10. The maximum atomic E-state index is 8.86. The van der Waals surface area contributed by atoms with E-state index in [-0.39, 0.29) is 0 Å². The van der Waals surface area contributed by atoms with Crippen LogP contribution >= 0.6 is 0 Å². The summed E-state index contributed by atoms with van der Waals surface area (Å²) in [5.74, 6) is 0.